The van der Waals surface area contributed by atoms with E-state index in [9.17, 15) is 9.90 Å². The van der Waals surface area contributed by atoms with Crippen molar-refractivity contribution in [3.63, 3.8) is 0 Å². The van der Waals surface area contributed by atoms with Gasteiger partial charge in [0.2, 0.25) is 6.79 Å². The number of hydrogen-bond donors (Lipinski definition) is 1. The summed E-state index contributed by atoms with van der Waals surface area (Å²) in [5, 5.41) is 10.2. The fraction of sp³-hybridized carbons (Fsp3) is 0.562. The van der Waals surface area contributed by atoms with E-state index in [4.69, 9.17) is 9.47 Å². The van der Waals surface area contributed by atoms with Gasteiger partial charge in [-0.15, -0.1) is 0 Å². The van der Waals surface area contributed by atoms with Gasteiger partial charge in [0.05, 0.1) is 5.60 Å². The van der Waals surface area contributed by atoms with Gasteiger partial charge in [-0.05, 0) is 49.8 Å². The minimum Gasteiger partial charge on any atom is -0.454 e. The maximum absolute atomic E-state index is 12.5. The van der Waals surface area contributed by atoms with E-state index in [-0.39, 0.29) is 12.7 Å². The van der Waals surface area contributed by atoms with E-state index in [0.717, 1.165) is 38.8 Å². The number of rotatable bonds is 2. The normalized spacial score (nSPS) is 23.2. The third-order valence-corrected chi connectivity index (χ3v) is 4.92. The van der Waals surface area contributed by atoms with Gasteiger partial charge in [-0.3, -0.25) is 4.79 Å². The Morgan fingerprint density at radius 1 is 1.19 bits per heavy atom. The summed E-state index contributed by atoms with van der Waals surface area (Å²) in [6.07, 6.45) is 3.64. The van der Waals surface area contributed by atoms with Crippen LogP contribution in [0.3, 0.4) is 0 Å². The molecule has 0 spiro atoms. The molecule has 1 amide bonds. The van der Waals surface area contributed by atoms with E-state index in [0.29, 0.717) is 23.0 Å². The van der Waals surface area contributed by atoms with Gasteiger partial charge in [-0.2, -0.15) is 0 Å². The van der Waals surface area contributed by atoms with Crippen LogP contribution >= 0.6 is 0 Å². The highest BCUT2D eigenvalue weighted by atomic mass is 16.7. The fourth-order valence-corrected chi connectivity index (χ4v) is 3.37. The Balaban J connectivity index is 1.44. The molecule has 0 atom stereocenters. The molecule has 0 radical (unpaired) electrons. The van der Waals surface area contributed by atoms with Crippen LogP contribution in [-0.2, 0) is 0 Å². The first-order valence-corrected chi connectivity index (χ1v) is 7.57. The fourth-order valence-electron chi connectivity index (χ4n) is 3.37. The largest absolute Gasteiger partial charge is 0.454 e. The van der Waals surface area contributed by atoms with Crippen molar-refractivity contribution in [3.8, 4) is 11.5 Å². The Labute approximate surface area is 123 Å². The molecule has 2 heterocycles. The zero-order valence-electron chi connectivity index (χ0n) is 11.9. The smallest absolute Gasteiger partial charge is 0.253 e. The number of carbonyl (C=O) groups excluding carboxylic acids is 1. The first-order valence-electron chi connectivity index (χ1n) is 7.57. The van der Waals surface area contributed by atoms with Gasteiger partial charge in [0.1, 0.15) is 0 Å². The lowest BCUT2D eigenvalue weighted by atomic mass is 9.89. The zero-order chi connectivity index (χ0) is 14.4. The molecule has 1 aromatic carbocycles. The molecule has 2 fully saturated rings. The van der Waals surface area contributed by atoms with Crippen LogP contribution in [0.2, 0.25) is 0 Å². The van der Waals surface area contributed by atoms with Gasteiger partial charge in [0.25, 0.3) is 5.91 Å². The minimum atomic E-state index is -0.423. The van der Waals surface area contributed by atoms with Crippen molar-refractivity contribution in [2.45, 2.75) is 31.3 Å². The van der Waals surface area contributed by atoms with Gasteiger partial charge in [-0.1, -0.05) is 0 Å². The maximum Gasteiger partial charge on any atom is 0.253 e. The van der Waals surface area contributed by atoms with Crippen LogP contribution in [0.5, 0.6) is 11.5 Å². The first-order chi connectivity index (χ1) is 10.2. The molecule has 2 aliphatic heterocycles. The lowest BCUT2D eigenvalue weighted by Gasteiger charge is -2.34. The van der Waals surface area contributed by atoms with E-state index in [1.807, 2.05) is 4.90 Å². The molecule has 112 valence electrons. The molecule has 4 rings (SSSR count). The number of aliphatic hydroxyl groups is 1. The summed E-state index contributed by atoms with van der Waals surface area (Å²) in [7, 11) is 0. The Kier molecular flexibility index (Phi) is 2.85. The first kappa shape index (κ1) is 13.0. The molecular formula is C16H19NO4. The monoisotopic (exact) mass is 289 g/mol. The summed E-state index contributed by atoms with van der Waals surface area (Å²) >= 11 is 0. The Bertz CT molecular complexity index is 574. The van der Waals surface area contributed by atoms with Crippen LogP contribution in [0.1, 0.15) is 36.0 Å². The summed E-state index contributed by atoms with van der Waals surface area (Å²) < 4.78 is 10.6. The molecule has 5 heteroatoms. The van der Waals surface area contributed by atoms with Crippen LogP contribution < -0.4 is 9.47 Å². The van der Waals surface area contributed by atoms with Crippen LogP contribution in [0.4, 0.5) is 0 Å². The molecule has 1 saturated carbocycles. The average Bonchev–Trinajstić information content (AvgIpc) is 3.10. The molecule has 1 aliphatic carbocycles. The molecule has 0 bridgehead atoms. The van der Waals surface area contributed by atoms with Crippen molar-refractivity contribution in [2.24, 2.45) is 5.92 Å². The maximum atomic E-state index is 12.5. The molecule has 21 heavy (non-hydrogen) atoms. The van der Waals surface area contributed by atoms with Gasteiger partial charge >= 0.3 is 0 Å². The summed E-state index contributed by atoms with van der Waals surface area (Å²) in [6.45, 7) is 1.66. The molecule has 0 aromatic heterocycles. The van der Waals surface area contributed by atoms with Crippen molar-refractivity contribution >= 4 is 5.91 Å². The van der Waals surface area contributed by atoms with Gasteiger partial charge < -0.3 is 19.5 Å². The van der Waals surface area contributed by atoms with Crippen LogP contribution in [-0.4, -0.2) is 41.4 Å². The number of fused-ring (bicyclic) bond motifs is 1. The SMILES string of the molecule is O=C(c1ccc2c(c1)OCO2)N1CCC(C2(O)CC2)CC1. The topological polar surface area (TPSA) is 59.0 Å². The van der Waals surface area contributed by atoms with Crippen molar-refractivity contribution < 1.29 is 19.4 Å². The number of benzene rings is 1. The van der Waals surface area contributed by atoms with E-state index < -0.39 is 5.60 Å². The number of ether oxygens (including phenoxy) is 2. The lowest BCUT2D eigenvalue weighted by Crippen LogP contribution is -2.41. The quantitative estimate of drug-likeness (QED) is 0.902. The lowest BCUT2D eigenvalue weighted by molar-refractivity contribution is 0.0340. The predicted molar refractivity (Wildman–Crippen MR) is 75.4 cm³/mol. The minimum absolute atomic E-state index is 0.0366. The number of nitrogens with zero attached hydrogens (tertiary/aromatic N) is 1. The highest BCUT2D eigenvalue weighted by Gasteiger charge is 2.48. The van der Waals surface area contributed by atoms with Gasteiger partial charge in [0, 0.05) is 18.7 Å². The summed E-state index contributed by atoms with van der Waals surface area (Å²) in [5.74, 6) is 1.73. The highest BCUT2D eigenvalue weighted by molar-refractivity contribution is 5.95. The number of carbonyl (C=O) groups is 1. The summed E-state index contributed by atoms with van der Waals surface area (Å²) in [5.41, 5.74) is 0.219. The standard InChI is InChI=1S/C16H19NO4/c18-15(11-1-2-13-14(9-11)21-10-20-13)17-7-3-12(4-8-17)16(19)5-6-16/h1-2,9,12,19H,3-8,10H2. The summed E-state index contributed by atoms with van der Waals surface area (Å²) in [6, 6.07) is 5.33. The Morgan fingerprint density at radius 2 is 1.90 bits per heavy atom. The number of amides is 1. The second-order valence-electron chi connectivity index (χ2n) is 6.24. The van der Waals surface area contributed by atoms with Crippen molar-refractivity contribution in [2.75, 3.05) is 19.9 Å². The summed E-state index contributed by atoms with van der Waals surface area (Å²) in [4.78, 5) is 14.4. The van der Waals surface area contributed by atoms with Crippen molar-refractivity contribution in [1.82, 2.24) is 4.90 Å². The molecule has 0 unspecified atom stereocenters. The predicted octanol–water partition coefficient (Wildman–Crippen LogP) is 1.79. The van der Waals surface area contributed by atoms with Crippen LogP contribution in [0.25, 0.3) is 0 Å². The van der Waals surface area contributed by atoms with Gasteiger partial charge in [-0.25, -0.2) is 0 Å². The highest BCUT2D eigenvalue weighted by Crippen LogP contribution is 2.46. The molecule has 1 saturated heterocycles. The Morgan fingerprint density at radius 3 is 2.62 bits per heavy atom. The second-order valence-corrected chi connectivity index (χ2v) is 6.24. The third kappa shape index (κ3) is 2.25. The number of likely N-dealkylation sites (tertiary alicyclic amines) is 1. The third-order valence-electron chi connectivity index (χ3n) is 4.92. The van der Waals surface area contributed by atoms with Crippen molar-refractivity contribution in [1.29, 1.82) is 0 Å². The van der Waals surface area contributed by atoms with E-state index in [1.165, 1.54) is 0 Å². The van der Waals surface area contributed by atoms with Gasteiger partial charge in [0.15, 0.2) is 11.5 Å². The van der Waals surface area contributed by atoms with Crippen molar-refractivity contribution in [3.05, 3.63) is 23.8 Å². The zero-order valence-corrected chi connectivity index (χ0v) is 11.9. The molecule has 1 aromatic rings. The molecule has 5 nitrogen and oxygen atoms in total. The number of hydrogen-bond acceptors (Lipinski definition) is 4. The van der Waals surface area contributed by atoms with Crippen LogP contribution in [0, 0.1) is 5.92 Å². The average molecular weight is 289 g/mol. The van der Waals surface area contributed by atoms with Crippen LogP contribution in [0.15, 0.2) is 18.2 Å². The van der Waals surface area contributed by atoms with E-state index in [2.05, 4.69) is 0 Å². The molecule has 3 aliphatic rings. The second kappa shape index (κ2) is 4.63. The molecule has 1 N–H and O–H groups in total. The number of piperidine rings is 1. The Hall–Kier alpha value is -1.75. The molecular weight excluding hydrogens is 270 g/mol. The van der Waals surface area contributed by atoms with E-state index >= 15 is 0 Å². The van der Waals surface area contributed by atoms with E-state index in [1.54, 1.807) is 18.2 Å².